The molecule has 8 nitrogen and oxygen atoms in total. The summed E-state index contributed by atoms with van der Waals surface area (Å²) in [4.78, 5) is 36.4. The summed E-state index contributed by atoms with van der Waals surface area (Å²) < 4.78 is 17.8. The number of anilines is 1. The fourth-order valence-electron chi connectivity index (χ4n) is 2.74. The molecule has 0 saturated heterocycles. The number of H-pyrrole nitrogens is 1. The fraction of sp³-hybridized carbons (Fsp3) is 0.458. The van der Waals surface area contributed by atoms with Gasteiger partial charge < -0.3 is 30.5 Å². The van der Waals surface area contributed by atoms with E-state index in [1.54, 1.807) is 27.9 Å². The molecule has 9 heteroatoms. The van der Waals surface area contributed by atoms with Crippen LogP contribution in [-0.2, 0) is 19.1 Å². The summed E-state index contributed by atoms with van der Waals surface area (Å²) in [6, 6.07) is 6.17. The van der Waals surface area contributed by atoms with E-state index in [2.05, 4.69) is 37.1 Å². The Morgan fingerprint density at radius 2 is 1.88 bits per heavy atom. The molecule has 0 aliphatic heterocycles. The lowest BCUT2D eigenvalue weighted by Crippen LogP contribution is -2.42. The van der Waals surface area contributed by atoms with Crippen LogP contribution in [0, 0.1) is 26.6 Å². The van der Waals surface area contributed by atoms with Gasteiger partial charge >= 0.3 is 0 Å². The van der Waals surface area contributed by atoms with Crippen molar-refractivity contribution in [3.8, 4) is 0 Å². The lowest BCUT2D eigenvalue weighted by Gasteiger charge is -2.19. The highest BCUT2D eigenvalue weighted by atomic mass is 19.1. The average Bonchev–Trinajstić information content (AvgIpc) is 3.07. The van der Waals surface area contributed by atoms with Crippen molar-refractivity contribution in [2.45, 2.75) is 46.6 Å². The van der Waals surface area contributed by atoms with Crippen LogP contribution in [0.4, 0.5) is 10.1 Å². The van der Waals surface area contributed by atoms with Crippen LogP contribution < -0.4 is 11.1 Å². The Morgan fingerprint density at radius 3 is 2.27 bits per heavy atom. The quantitative estimate of drug-likeness (QED) is 0.410. The number of hydrogen-bond acceptors (Lipinski definition) is 5. The molecule has 0 spiro atoms. The zero-order valence-corrected chi connectivity index (χ0v) is 20.6. The number of rotatable bonds is 8. The van der Waals surface area contributed by atoms with Crippen molar-refractivity contribution in [2.24, 2.45) is 0 Å². The average molecular weight is 465 g/mol. The topological polar surface area (TPSA) is 118 Å². The SMILES string of the molecule is CC(C=O)c1cc(F)ccc1N.CCOC(CNC=O)C(=O)N(C)C.Cc1cc(C)c(C)[nH]1. The van der Waals surface area contributed by atoms with Crippen LogP contribution in [0.2, 0.25) is 0 Å². The number of nitrogens with zero attached hydrogens (tertiary/aromatic N) is 1. The number of hydrogen-bond donors (Lipinski definition) is 3. The first kappa shape index (κ1) is 29.8. The second kappa shape index (κ2) is 15.6. The summed E-state index contributed by atoms with van der Waals surface area (Å²) in [7, 11) is 3.30. The number of aryl methyl sites for hydroxylation is 3. The zero-order valence-electron chi connectivity index (χ0n) is 20.6. The summed E-state index contributed by atoms with van der Waals surface area (Å²) in [5.41, 5.74) is 10.4. The van der Waals surface area contributed by atoms with Gasteiger partial charge in [-0.2, -0.15) is 0 Å². The molecule has 0 aliphatic rings. The Kier molecular flexibility index (Phi) is 14.1. The maximum Gasteiger partial charge on any atom is 0.253 e. The van der Waals surface area contributed by atoms with Crippen molar-refractivity contribution in [3.63, 3.8) is 0 Å². The van der Waals surface area contributed by atoms with E-state index in [4.69, 9.17) is 10.5 Å². The predicted molar refractivity (Wildman–Crippen MR) is 128 cm³/mol. The maximum absolute atomic E-state index is 12.7. The number of aromatic amines is 1. The molecule has 0 fully saturated rings. The van der Waals surface area contributed by atoms with Crippen LogP contribution >= 0.6 is 0 Å². The van der Waals surface area contributed by atoms with Crippen LogP contribution in [-0.4, -0.2) is 61.8 Å². The van der Waals surface area contributed by atoms with Gasteiger partial charge in [0.25, 0.3) is 5.91 Å². The monoisotopic (exact) mass is 464 g/mol. The number of halogens is 1. The molecule has 0 aliphatic carbocycles. The molecule has 2 atom stereocenters. The first-order chi connectivity index (χ1) is 15.5. The highest BCUT2D eigenvalue weighted by molar-refractivity contribution is 5.81. The number of nitrogens with one attached hydrogen (secondary N) is 2. The molecule has 1 aromatic heterocycles. The number of aldehydes is 1. The van der Waals surface area contributed by atoms with Crippen LogP contribution in [0.15, 0.2) is 24.3 Å². The van der Waals surface area contributed by atoms with Crippen molar-refractivity contribution < 1.29 is 23.5 Å². The number of nitrogens with two attached hydrogens (primary N) is 1. The largest absolute Gasteiger partial charge is 0.398 e. The van der Waals surface area contributed by atoms with Crippen LogP contribution in [0.5, 0.6) is 0 Å². The van der Waals surface area contributed by atoms with Gasteiger partial charge in [-0.1, -0.05) is 6.92 Å². The van der Waals surface area contributed by atoms with Crippen molar-refractivity contribution in [3.05, 3.63) is 52.6 Å². The number of aromatic nitrogens is 1. The van der Waals surface area contributed by atoms with E-state index >= 15 is 0 Å². The van der Waals surface area contributed by atoms with Crippen LogP contribution in [0.25, 0.3) is 0 Å². The lowest BCUT2D eigenvalue weighted by molar-refractivity contribution is -0.140. The summed E-state index contributed by atoms with van der Waals surface area (Å²) >= 11 is 0. The molecule has 2 rings (SSSR count). The summed E-state index contributed by atoms with van der Waals surface area (Å²) in [6.07, 6.45) is 0.713. The zero-order chi connectivity index (χ0) is 25.6. The number of nitrogen functional groups attached to an aromatic ring is 1. The molecule has 0 radical (unpaired) electrons. The van der Waals surface area contributed by atoms with Crippen molar-refractivity contribution in [1.29, 1.82) is 0 Å². The first-order valence-corrected chi connectivity index (χ1v) is 10.6. The van der Waals surface area contributed by atoms with Crippen molar-refractivity contribution >= 4 is 24.3 Å². The minimum Gasteiger partial charge on any atom is -0.398 e. The minimum atomic E-state index is -0.579. The third-order valence-electron chi connectivity index (χ3n) is 4.62. The van der Waals surface area contributed by atoms with E-state index in [1.165, 1.54) is 40.1 Å². The highest BCUT2D eigenvalue weighted by Gasteiger charge is 2.19. The lowest BCUT2D eigenvalue weighted by atomic mass is 10.0. The molecule has 1 aromatic carbocycles. The molecule has 0 saturated carbocycles. The molecular weight excluding hydrogens is 427 g/mol. The molecule has 2 aromatic rings. The summed E-state index contributed by atoms with van der Waals surface area (Å²) in [6.45, 7) is 10.4. The van der Waals surface area contributed by atoms with Gasteiger partial charge in [0.1, 0.15) is 12.1 Å². The Balaban J connectivity index is 0.000000477. The molecule has 2 unspecified atom stereocenters. The first-order valence-electron chi connectivity index (χ1n) is 10.6. The molecular formula is C24H37FN4O4. The molecule has 2 amide bonds. The minimum absolute atomic E-state index is 0.142. The van der Waals surface area contributed by atoms with Crippen molar-refractivity contribution in [2.75, 3.05) is 33.0 Å². The molecule has 0 bridgehead atoms. The van der Waals surface area contributed by atoms with Gasteiger partial charge in [-0.25, -0.2) is 4.39 Å². The van der Waals surface area contributed by atoms with E-state index < -0.39 is 6.10 Å². The molecule has 33 heavy (non-hydrogen) atoms. The Morgan fingerprint density at radius 1 is 1.24 bits per heavy atom. The standard InChI is InChI=1S/C9H10FNO.C8H16N2O3.C7H11N/c1-6(5-12)8-4-7(10)2-3-9(8)11;1-4-13-7(5-9-6-11)8(12)10(2)3;1-5-4-6(2)8-7(5)3/h2-6H,11H2,1H3;6-7H,4-5H2,1-3H3,(H,9,11);4,8H,1-3H3. The van der Waals surface area contributed by atoms with Gasteiger partial charge in [0.05, 0.1) is 6.54 Å². The second-order valence-corrected chi connectivity index (χ2v) is 7.66. The van der Waals surface area contributed by atoms with Gasteiger partial charge in [0.15, 0.2) is 6.10 Å². The normalized spacial score (nSPS) is 11.6. The smallest absolute Gasteiger partial charge is 0.253 e. The van der Waals surface area contributed by atoms with E-state index in [0.29, 0.717) is 24.3 Å². The molecule has 1 heterocycles. The van der Waals surface area contributed by atoms with Gasteiger partial charge in [-0.15, -0.1) is 0 Å². The summed E-state index contributed by atoms with van der Waals surface area (Å²) in [5.74, 6) is -0.857. The third kappa shape index (κ3) is 11.3. The van der Waals surface area contributed by atoms with Gasteiger partial charge in [-0.05, 0) is 63.1 Å². The van der Waals surface area contributed by atoms with Gasteiger partial charge in [0, 0.05) is 43.7 Å². The second-order valence-electron chi connectivity index (χ2n) is 7.66. The fourth-order valence-corrected chi connectivity index (χ4v) is 2.74. The number of likely N-dealkylation sites (N-methyl/N-ethyl adjacent to an activating group) is 1. The van der Waals surface area contributed by atoms with Crippen molar-refractivity contribution in [1.82, 2.24) is 15.2 Å². The Labute approximate surface area is 195 Å². The predicted octanol–water partition coefficient (Wildman–Crippen LogP) is 2.88. The third-order valence-corrected chi connectivity index (χ3v) is 4.62. The highest BCUT2D eigenvalue weighted by Crippen LogP contribution is 2.21. The van der Waals surface area contributed by atoms with E-state index in [9.17, 15) is 18.8 Å². The summed E-state index contributed by atoms with van der Waals surface area (Å²) in [5, 5.41) is 2.42. The Hall–Kier alpha value is -3.20. The van der Waals surface area contributed by atoms with Gasteiger partial charge in [0.2, 0.25) is 6.41 Å². The van der Waals surface area contributed by atoms with Gasteiger partial charge in [-0.3, -0.25) is 9.59 Å². The molecule has 4 N–H and O–H groups in total. The number of amides is 2. The number of carbonyl (C=O) groups excluding carboxylic acids is 3. The Bertz CT molecular complexity index is 864. The molecule has 184 valence electrons. The number of ether oxygens (including phenoxy) is 1. The number of carbonyl (C=O) groups is 3. The van der Waals surface area contributed by atoms with Crippen LogP contribution in [0.1, 0.15) is 42.3 Å². The van der Waals surface area contributed by atoms with Crippen LogP contribution in [0.3, 0.4) is 0 Å². The van der Waals surface area contributed by atoms with E-state index in [0.717, 1.165) is 6.29 Å². The number of benzene rings is 1. The maximum atomic E-state index is 12.7. The van der Waals surface area contributed by atoms with E-state index in [1.807, 2.05) is 0 Å². The van der Waals surface area contributed by atoms with E-state index in [-0.39, 0.29) is 24.2 Å².